The van der Waals surface area contributed by atoms with Crippen LogP contribution >= 0.6 is 0 Å². The van der Waals surface area contributed by atoms with Crippen LogP contribution in [-0.4, -0.2) is 42.2 Å². The van der Waals surface area contributed by atoms with Crippen molar-refractivity contribution >= 4 is 6.09 Å². The van der Waals surface area contributed by atoms with E-state index in [0.29, 0.717) is 0 Å². The first-order valence-corrected chi connectivity index (χ1v) is 5.79. The maximum Gasteiger partial charge on any atom is 0.408 e. The van der Waals surface area contributed by atoms with Gasteiger partial charge in [-0.15, -0.1) is 13.2 Å². The lowest BCUT2D eigenvalue weighted by atomic mass is 10.2. The molecule has 0 saturated heterocycles. The topological polar surface area (TPSA) is 67.8 Å². The minimum atomic E-state index is -0.550. The second kappa shape index (κ2) is 7.89. The fraction of sp³-hybridized carbons (Fsp3) is 0.615. The molecule has 5 nitrogen and oxygen atoms in total. The quantitative estimate of drug-likeness (QED) is 0.680. The highest BCUT2D eigenvalue weighted by molar-refractivity contribution is 5.68. The van der Waals surface area contributed by atoms with E-state index in [1.807, 2.05) is 0 Å². The van der Waals surface area contributed by atoms with Gasteiger partial charge in [0, 0.05) is 0 Å². The fourth-order valence-corrected chi connectivity index (χ4v) is 1.05. The third kappa shape index (κ3) is 7.86. The Labute approximate surface area is 108 Å². The normalized spacial score (nSPS) is 14.4. The van der Waals surface area contributed by atoms with Crippen LogP contribution in [0.3, 0.4) is 0 Å². The Kier molecular flexibility index (Phi) is 7.31. The number of carbonyl (C=O) groups is 1. The van der Waals surface area contributed by atoms with Crippen LogP contribution in [0.25, 0.3) is 0 Å². The summed E-state index contributed by atoms with van der Waals surface area (Å²) in [5.41, 5.74) is -0.550. The number of alkyl carbamates (subject to hydrolysis) is 1. The Bertz CT molecular complexity index is 283. The highest BCUT2D eigenvalue weighted by atomic mass is 16.6. The summed E-state index contributed by atoms with van der Waals surface area (Å²) in [7, 11) is 0. The van der Waals surface area contributed by atoms with E-state index in [4.69, 9.17) is 14.6 Å². The Morgan fingerprint density at radius 1 is 1.39 bits per heavy atom. The van der Waals surface area contributed by atoms with Gasteiger partial charge in [-0.2, -0.15) is 0 Å². The van der Waals surface area contributed by atoms with Crippen molar-refractivity contribution < 1.29 is 19.4 Å². The van der Waals surface area contributed by atoms with Crippen LogP contribution in [0.4, 0.5) is 4.79 Å². The van der Waals surface area contributed by atoms with Crippen molar-refractivity contribution in [1.29, 1.82) is 0 Å². The number of nitrogens with one attached hydrogen (secondary N) is 1. The summed E-state index contributed by atoms with van der Waals surface area (Å²) in [4.78, 5) is 11.5. The molecule has 0 aromatic rings. The molecule has 0 heterocycles. The van der Waals surface area contributed by atoms with Gasteiger partial charge in [-0.3, -0.25) is 0 Å². The number of aliphatic hydroxyl groups excluding tert-OH is 1. The first kappa shape index (κ1) is 16.7. The Hall–Kier alpha value is -1.33. The van der Waals surface area contributed by atoms with Gasteiger partial charge in [0.2, 0.25) is 0 Å². The van der Waals surface area contributed by atoms with E-state index < -0.39 is 17.8 Å². The molecule has 0 aliphatic carbocycles. The van der Waals surface area contributed by atoms with Gasteiger partial charge in [0.15, 0.2) is 0 Å². The van der Waals surface area contributed by atoms with E-state index in [1.165, 1.54) is 6.08 Å². The Morgan fingerprint density at radius 3 is 2.39 bits per heavy atom. The zero-order chi connectivity index (χ0) is 14.2. The first-order valence-electron chi connectivity index (χ1n) is 5.79. The smallest absolute Gasteiger partial charge is 0.408 e. The molecule has 1 unspecified atom stereocenters. The summed E-state index contributed by atoms with van der Waals surface area (Å²) >= 11 is 0. The Balaban J connectivity index is 4.15. The van der Waals surface area contributed by atoms with E-state index in [9.17, 15) is 4.79 Å². The zero-order valence-corrected chi connectivity index (χ0v) is 11.3. The van der Waals surface area contributed by atoms with Crippen LogP contribution in [0.5, 0.6) is 0 Å². The van der Waals surface area contributed by atoms with Crippen LogP contribution in [0.1, 0.15) is 20.8 Å². The van der Waals surface area contributed by atoms with Gasteiger partial charge in [-0.25, -0.2) is 4.79 Å². The minimum absolute atomic E-state index is 0.153. The highest BCUT2D eigenvalue weighted by Gasteiger charge is 2.18. The monoisotopic (exact) mass is 257 g/mol. The van der Waals surface area contributed by atoms with Gasteiger partial charge in [0.05, 0.1) is 25.4 Å². The average molecular weight is 257 g/mol. The molecule has 0 aromatic carbocycles. The lowest BCUT2D eigenvalue weighted by Gasteiger charge is -2.23. The molecule has 0 aliphatic heterocycles. The van der Waals surface area contributed by atoms with E-state index in [2.05, 4.69) is 18.5 Å². The van der Waals surface area contributed by atoms with Gasteiger partial charge in [-0.05, 0) is 20.8 Å². The summed E-state index contributed by atoms with van der Waals surface area (Å²) in [6, 6.07) is -0.381. The lowest BCUT2D eigenvalue weighted by Crippen LogP contribution is -2.41. The van der Waals surface area contributed by atoms with Gasteiger partial charge >= 0.3 is 6.09 Å². The Morgan fingerprint density at radius 2 is 2.00 bits per heavy atom. The summed E-state index contributed by atoms with van der Waals surface area (Å²) in [6.45, 7) is 12.5. The molecule has 104 valence electrons. The van der Waals surface area contributed by atoms with Gasteiger partial charge in [-0.1, -0.05) is 12.2 Å². The van der Waals surface area contributed by atoms with Crippen molar-refractivity contribution in [3.63, 3.8) is 0 Å². The molecule has 0 bridgehead atoms. The SMILES string of the molecule is C=CC(CO)OC[C@@H](C=C)NC(=O)OC(C)(C)C. The molecule has 2 atom stereocenters. The number of aliphatic hydroxyl groups is 1. The molecule has 5 heteroatoms. The van der Waals surface area contributed by atoms with Gasteiger partial charge < -0.3 is 19.9 Å². The predicted octanol–water partition coefficient (Wildman–Crippen LogP) is 1.63. The van der Waals surface area contributed by atoms with Crippen LogP contribution in [-0.2, 0) is 9.47 Å². The molecular formula is C13H23NO4. The van der Waals surface area contributed by atoms with Crippen molar-refractivity contribution in [1.82, 2.24) is 5.32 Å². The molecule has 2 N–H and O–H groups in total. The van der Waals surface area contributed by atoms with E-state index in [0.717, 1.165) is 0 Å². The largest absolute Gasteiger partial charge is 0.444 e. The minimum Gasteiger partial charge on any atom is -0.444 e. The third-order valence-corrected chi connectivity index (χ3v) is 1.92. The average Bonchev–Trinajstić information content (AvgIpc) is 2.26. The van der Waals surface area contributed by atoms with Crippen molar-refractivity contribution in [2.24, 2.45) is 0 Å². The molecule has 18 heavy (non-hydrogen) atoms. The van der Waals surface area contributed by atoms with E-state index in [1.54, 1.807) is 26.8 Å². The molecule has 0 aliphatic rings. The number of amides is 1. The van der Waals surface area contributed by atoms with Gasteiger partial charge in [0.25, 0.3) is 0 Å². The highest BCUT2D eigenvalue weighted by Crippen LogP contribution is 2.07. The fourth-order valence-electron chi connectivity index (χ4n) is 1.05. The second-order valence-corrected chi connectivity index (χ2v) is 4.78. The second-order valence-electron chi connectivity index (χ2n) is 4.78. The predicted molar refractivity (Wildman–Crippen MR) is 70.4 cm³/mol. The maximum atomic E-state index is 11.5. The number of carbonyl (C=O) groups excluding carboxylic acids is 1. The molecule has 0 radical (unpaired) electrons. The third-order valence-electron chi connectivity index (χ3n) is 1.92. The summed E-state index contributed by atoms with van der Waals surface area (Å²) in [5.74, 6) is 0. The van der Waals surface area contributed by atoms with Crippen LogP contribution in [0.15, 0.2) is 25.3 Å². The van der Waals surface area contributed by atoms with E-state index >= 15 is 0 Å². The number of hydrogen-bond donors (Lipinski definition) is 2. The summed E-state index contributed by atoms with van der Waals surface area (Å²) < 4.78 is 10.4. The van der Waals surface area contributed by atoms with E-state index in [-0.39, 0.29) is 19.3 Å². The standard InChI is InChI=1S/C13H23NO4/c1-6-10(9-17-11(7-2)8-15)14-12(16)18-13(3,4)5/h6-7,10-11,15H,1-2,8-9H2,3-5H3,(H,14,16)/t10-,11?/m1/s1. The van der Waals surface area contributed by atoms with Gasteiger partial charge in [0.1, 0.15) is 5.60 Å². The van der Waals surface area contributed by atoms with Crippen molar-refractivity contribution in [3.05, 3.63) is 25.3 Å². The molecule has 1 amide bonds. The van der Waals surface area contributed by atoms with Crippen LogP contribution < -0.4 is 5.32 Å². The molecule has 0 fully saturated rings. The van der Waals surface area contributed by atoms with Crippen molar-refractivity contribution in [2.45, 2.75) is 38.5 Å². The first-order chi connectivity index (χ1) is 8.32. The van der Waals surface area contributed by atoms with Crippen molar-refractivity contribution in [3.8, 4) is 0 Å². The number of rotatable bonds is 7. The molecule has 0 spiro atoms. The number of ether oxygens (including phenoxy) is 2. The van der Waals surface area contributed by atoms with Crippen LogP contribution in [0, 0.1) is 0 Å². The molecule has 0 rings (SSSR count). The summed E-state index contributed by atoms with van der Waals surface area (Å²) in [6.07, 6.45) is 2.05. The maximum absolute atomic E-state index is 11.5. The number of hydrogen-bond acceptors (Lipinski definition) is 4. The molecular weight excluding hydrogens is 234 g/mol. The summed E-state index contributed by atoms with van der Waals surface area (Å²) in [5, 5.41) is 11.5. The van der Waals surface area contributed by atoms with Crippen molar-refractivity contribution in [2.75, 3.05) is 13.2 Å². The molecule has 0 saturated carbocycles. The zero-order valence-electron chi connectivity index (χ0n) is 11.3. The van der Waals surface area contributed by atoms with Crippen LogP contribution in [0.2, 0.25) is 0 Å². The lowest BCUT2D eigenvalue weighted by molar-refractivity contribution is 0.0272. The molecule has 0 aromatic heterocycles.